The van der Waals surface area contributed by atoms with Crippen LogP contribution < -0.4 is 4.74 Å². The van der Waals surface area contributed by atoms with Crippen LogP contribution in [0.15, 0.2) is 30.6 Å². The zero-order valence-electron chi connectivity index (χ0n) is 10.2. The molecule has 1 heterocycles. The number of benzene rings is 1. The first-order chi connectivity index (χ1) is 9.10. The van der Waals surface area contributed by atoms with Crippen LogP contribution in [0.4, 0.5) is 0 Å². The quantitative estimate of drug-likeness (QED) is 0.942. The van der Waals surface area contributed by atoms with Gasteiger partial charge in [-0.25, -0.2) is 9.97 Å². The molecular formula is C13H12Cl2N2O2. The molecule has 100 valence electrons. The molecule has 19 heavy (non-hydrogen) atoms. The van der Waals surface area contributed by atoms with Crippen LogP contribution >= 0.6 is 23.2 Å². The molecule has 1 aromatic carbocycles. The molecule has 0 saturated heterocycles. The van der Waals surface area contributed by atoms with E-state index < -0.39 is 6.10 Å². The van der Waals surface area contributed by atoms with Gasteiger partial charge in [-0.2, -0.15) is 0 Å². The van der Waals surface area contributed by atoms with Crippen molar-refractivity contribution < 1.29 is 9.84 Å². The van der Waals surface area contributed by atoms with Gasteiger partial charge in [-0.1, -0.05) is 23.2 Å². The van der Waals surface area contributed by atoms with Gasteiger partial charge in [0, 0.05) is 22.5 Å². The van der Waals surface area contributed by atoms with Crippen molar-refractivity contribution in [1.82, 2.24) is 9.97 Å². The Labute approximate surface area is 121 Å². The molecule has 0 radical (unpaired) electrons. The van der Waals surface area contributed by atoms with Crippen molar-refractivity contribution in [2.45, 2.75) is 12.5 Å². The number of aliphatic hydroxyl groups excluding tert-OH is 1. The summed E-state index contributed by atoms with van der Waals surface area (Å²) in [7, 11) is 1.51. The zero-order chi connectivity index (χ0) is 13.8. The Morgan fingerprint density at radius 3 is 2.79 bits per heavy atom. The number of hydrogen-bond acceptors (Lipinski definition) is 4. The van der Waals surface area contributed by atoms with Crippen LogP contribution in [0.5, 0.6) is 5.88 Å². The molecular weight excluding hydrogens is 287 g/mol. The Kier molecular flexibility index (Phi) is 4.58. The molecule has 0 bridgehead atoms. The van der Waals surface area contributed by atoms with Gasteiger partial charge in [0.05, 0.1) is 12.8 Å². The van der Waals surface area contributed by atoms with E-state index in [0.717, 1.165) is 5.56 Å². The van der Waals surface area contributed by atoms with Gasteiger partial charge in [-0.05, 0) is 23.8 Å². The summed E-state index contributed by atoms with van der Waals surface area (Å²) in [5.74, 6) is 0.404. The lowest BCUT2D eigenvalue weighted by Gasteiger charge is -2.12. The van der Waals surface area contributed by atoms with E-state index in [0.29, 0.717) is 28.0 Å². The summed E-state index contributed by atoms with van der Waals surface area (Å²) in [5, 5.41) is 11.3. The summed E-state index contributed by atoms with van der Waals surface area (Å²) < 4.78 is 4.99. The van der Waals surface area contributed by atoms with Gasteiger partial charge in [0.25, 0.3) is 0 Å². The number of nitrogens with zero attached hydrogens (tertiary/aromatic N) is 2. The van der Waals surface area contributed by atoms with Gasteiger partial charge in [-0.15, -0.1) is 0 Å². The summed E-state index contributed by atoms with van der Waals surface area (Å²) in [5.41, 5.74) is 1.24. The molecule has 1 atom stereocenters. The van der Waals surface area contributed by atoms with Crippen LogP contribution in [0.1, 0.15) is 17.4 Å². The molecule has 0 aliphatic carbocycles. The molecule has 0 spiro atoms. The maximum Gasteiger partial charge on any atom is 0.216 e. The van der Waals surface area contributed by atoms with Crippen molar-refractivity contribution in [3.8, 4) is 5.88 Å². The SMILES string of the molecule is COc1cc(C(O)Cc2cc(Cl)ccc2Cl)ncn1. The van der Waals surface area contributed by atoms with Crippen LogP contribution in [0, 0.1) is 0 Å². The van der Waals surface area contributed by atoms with Gasteiger partial charge >= 0.3 is 0 Å². The van der Waals surface area contributed by atoms with E-state index in [2.05, 4.69) is 9.97 Å². The van der Waals surface area contributed by atoms with E-state index in [-0.39, 0.29) is 0 Å². The summed E-state index contributed by atoms with van der Waals surface area (Å²) >= 11 is 12.0. The van der Waals surface area contributed by atoms with Crippen molar-refractivity contribution in [2.75, 3.05) is 7.11 Å². The zero-order valence-corrected chi connectivity index (χ0v) is 11.7. The second kappa shape index (κ2) is 6.19. The molecule has 0 fully saturated rings. The summed E-state index contributed by atoms with van der Waals surface area (Å²) in [6, 6.07) is 6.72. The topological polar surface area (TPSA) is 55.2 Å². The number of aromatic nitrogens is 2. The second-order valence-electron chi connectivity index (χ2n) is 3.94. The molecule has 2 rings (SSSR count). The van der Waals surface area contributed by atoms with E-state index in [9.17, 15) is 5.11 Å². The highest BCUT2D eigenvalue weighted by atomic mass is 35.5. The summed E-state index contributed by atoms with van der Waals surface area (Å²) in [4.78, 5) is 7.91. The van der Waals surface area contributed by atoms with E-state index in [1.54, 1.807) is 24.3 Å². The molecule has 0 aliphatic rings. The minimum Gasteiger partial charge on any atom is -0.481 e. The van der Waals surface area contributed by atoms with Crippen molar-refractivity contribution in [3.63, 3.8) is 0 Å². The standard InChI is InChI=1S/C13H12Cl2N2O2/c1-19-13-6-11(16-7-17-13)12(18)5-8-4-9(14)2-3-10(8)15/h2-4,6-7,12,18H,5H2,1H3. The summed E-state index contributed by atoms with van der Waals surface area (Å²) in [6.45, 7) is 0. The fourth-order valence-electron chi connectivity index (χ4n) is 1.66. The van der Waals surface area contributed by atoms with Crippen molar-refractivity contribution in [1.29, 1.82) is 0 Å². The first-order valence-corrected chi connectivity index (χ1v) is 6.33. The molecule has 0 saturated carbocycles. The highest BCUT2D eigenvalue weighted by Crippen LogP contribution is 2.26. The molecule has 6 heteroatoms. The van der Waals surface area contributed by atoms with E-state index in [4.69, 9.17) is 27.9 Å². The highest BCUT2D eigenvalue weighted by Gasteiger charge is 2.13. The molecule has 0 amide bonds. The second-order valence-corrected chi connectivity index (χ2v) is 4.78. The number of methoxy groups -OCH3 is 1. The lowest BCUT2D eigenvalue weighted by atomic mass is 10.1. The maximum atomic E-state index is 10.2. The average Bonchev–Trinajstić information content (AvgIpc) is 2.43. The molecule has 4 nitrogen and oxygen atoms in total. The molecule has 2 aromatic rings. The van der Waals surface area contributed by atoms with Gasteiger partial charge in [-0.3, -0.25) is 0 Å². The van der Waals surface area contributed by atoms with E-state index in [1.807, 2.05) is 0 Å². The van der Waals surface area contributed by atoms with Crippen molar-refractivity contribution in [3.05, 3.63) is 51.9 Å². The third-order valence-electron chi connectivity index (χ3n) is 2.63. The maximum absolute atomic E-state index is 10.2. The fraction of sp³-hybridized carbons (Fsp3) is 0.231. The normalized spacial score (nSPS) is 12.2. The fourth-order valence-corrected chi connectivity index (χ4v) is 2.05. The Morgan fingerprint density at radius 2 is 2.05 bits per heavy atom. The molecule has 0 aliphatic heterocycles. The van der Waals surface area contributed by atoms with Crippen LogP contribution in [-0.2, 0) is 6.42 Å². The third-order valence-corrected chi connectivity index (χ3v) is 3.24. The lowest BCUT2D eigenvalue weighted by Crippen LogP contribution is -2.05. The van der Waals surface area contributed by atoms with Gasteiger partial charge in [0.15, 0.2) is 0 Å². The van der Waals surface area contributed by atoms with Crippen LogP contribution in [0.3, 0.4) is 0 Å². The van der Waals surface area contributed by atoms with Crippen LogP contribution in [0.25, 0.3) is 0 Å². The van der Waals surface area contributed by atoms with Gasteiger partial charge < -0.3 is 9.84 Å². The predicted octanol–water partition coefficient (Wildman–Crippen LogP) is 3.07. The highest BCUT2D eigenvalue weighted by molar-refractivity contribution is 6.33. The van der Waals surface area contributed by atoms with Crippen LogP contribution in [0.2, 0.25) is 10.0 Å². The molecule has 1 unspecified atom stereocenters. The first-order valence-electron chi connectivity index (χ1n) is 5.58. The smallest absolute Gasteiger partial charge is 0.216 e. The number of rotatable bonds is 4. The van der Waals surface area contributed by atoms with Crippen molar-refractivity contribution in [2.24, 2.45) is 0 Å². The third kappa shape index (κ3) is 3.56. The van der Waals surface area contributed by atoms with Crippen molar-refractivity contribution >= 4 is 23.2 Å². The average molecular weight is 299 g/mol. The number of halogens is 2. The van der Waals surface area contributed by atoms with Crippen LogP contribution in [-0.4, -0.2) is 22.2 Å². The number of ether oxygens (including phenoxy) is 1. The Balaban J connectivity index is 2.20. The number of aliphatic hydroxyl groups is 1. The largest absolute Gasteiger partial charge is 0.481 e. The Morgan fingerprint density at radius 1 is 1.26 bits per heavy atom. The molecule has 1 N–H and O–H groups in total. The van der Waals surface area contributed by atoms with E-state index in [1.165, 1.54) is 13.4 Å². The minimum atomic E-state index is -0.798. The van der Waals surface area contributed by atoms with E-state index >= 15 is 0 Å². The predicted molar refractivity (Wildman–Crippen MR) is 73.7 cm³/mol. The first kappa shape index (κ1) is 14.1. The Bertz CT molecular complexity index is 578. The monoisotopic (exact) mass is 298 g/mol. The summed E-state index contributed by atoms with van der Waals surface area (Å²) in [6.07, 6.45) is 0.865. The number of hydrogen-bond donors (Lipinski definition) is 1. The minimum absolute atomic E-state index is 0.319. The Hall–Kier alpha value is -1.36. The van der Waals surface area contributed by atoms with Gasteiger partial charge in [0.2, 0.25) is 5.88 Å². The molecule has 1 aromatic heterocycles. The lowest BCUT2D eigenvalue weighted by molar-refractivity contribution is 0.173. The van der Waals surface area contributed by atoms with Gasteiger partial charge in [0.1, 0.15) is 12.4 Å².